The maximum Gasteiger partial charge on any atom is 0.552 e. The monoisotopic (exact) mass is 433 g/mol. The van der Waals surface area contributed by atoms with Crippen LogP contribution in [0.1, 0.15) is 0 Å². The van der Waals surface area contributed by atoms with Gasteiger partial charge in [-0.05, 0) is 18.2 Å². The predicted molar refractivity (Wildman–Crippen MR) is 66.8 cm³/mol. The number of rotatable bonds is 0. The Kier molecular flexibility index (Phi) is 10.8. The highest BCUT2D eigenvalue weighted by atomic mass is 127. The van der Waals surface area contributed by atoms with Gasteiger partial charge < -0.3 is 0 Å². The van der Waals surface area contributed by atoms with Gasteiger partial charge in [-0.1, -0.05) is 28.1 Å². The molecule has 0 fully saturated rings. The van der Waals surface area contributed by atoms with E-state index < -0.39 is 0 Å². The predicted octanol–water partition coefficient (Wildman–Crippen LogP) is 3.64. The summed E-state index contributed by atoms with van der Waals surface area (Å²) in [7, 11) is 0. The fourth-order valence-corrected chi connectivity index (χ4v) is 0.631. The zero-order valence-electron chi connectivity index (χ0n) is 5.15. The lowest BCUT2D eigenvalue weighted by Crippen LogP contribution is -1.56. The van der Waals surface area contributed by atoms with Crippen LogP contribution in [0, 0.1) is 6.07 Å². The summed E-state index contributed by atoms with van der Waals surface area (Å²) in [6.07, 6.45) is 0. The molecule has 10 heavy (non-hydrogen) atoms. The minimum absolute atomic E-state index is 0.357. The molecule has 4 heteroatoms. The number of halogens is 3. The van der Waals surface area contributed by atoms with Crippen molar-refractivity contribution in [1.29, 1.82) is 0 Å². The van der Waals surface area contributed by atoms with Gasteiger partial charge in [0.2, 0.25) is 0 Å². The molecule has 0 atom stereocenters. The van der Waals surface area contributed by atoms with Crippen LogP contribution in [0.4, 0.5) is 0 Å². The van der Waals surface area contributed by atoms with Gasteiger partial charge in [0.1, 0.15) is 0 Å². The Balaban J connectivity index is 0.000000236. The first-order valence-corrected chi connectivity index (χ1v) is 13.6. The Labute approximate surface area is 99.2 Å². The fraction of sp³-hybridized carbons (Fsp3) is 0. The van der Waals surface area contributed by atoms with E-state index in [2.05, 4.69) is 59.7 Å². The summed E-state index contributed by atoms with van der Waals surface area (Å²) in [5.41, 5.74) is 0. The van der Waals surface area contributed by atoms with Crippen molar-refractivity contribution in [1.82, 2.24) is 0 Å². The minimum Gasteiger partial charge on any atom is -0.276 e. The van der Waals surface area contributed by atoms with E-state index in [9.17, 15) is 0 Å². The van der Waals surface area contributed by atoms with Crippen LogP contribution in [0.5, 0.6) is 0 Å². The second kappa shape index (κ2) is 9.02. The van der Waals surface area contributed by atoms with Gasteiger partial charge in [0.25, 0.3) is 0 Å². The van der Waals surface area contributed by atoms with Gasteiger partial charge in [-0.15, -0.1) is 0 Å². The van der Waals surface area contributed by atoms with Crippen LogP contribution in [0.3, 0.4) is 0 Å². The Morgan fingerprint density at radius 2 is 1.70 bits per heavy atom. The molecule has 1 aromatic rings. The van der Waals surface area contributed by atoms with Crippen molar-refractivity contribution in [3.63, 3.8) is 0 Å². The third-order valence-electron chi connectivity index (χ3n) is 0.678. The quantitative estimate of drug-likeness (QED) is 0.433. The highest BCUT2D eigenvalue weighted by Gasteiger charge is 1.74. The molecule has 0 unspecified atom stereocenters. The Morgan fingerprint density at radius 3 is 1.90 bits per heavy atom. The van der Waals surface area contributed by atoms with E-state index in [0.717, 1.165) is 4.47 Å². The van der Waals surface area contributed by atoms with E-state index in [1.165, 1.54) is 0 Å². The Morgan fingerprint density at radius 1 is 1.30 bits per heavy atom. The molecule has 51 valence electrons. The molecular formula is C6H4BrI2Mg. The van der Waals surface area contributed by atoms with Gasteiger partial charge >= 0.3 is 12.6 Å². The normalized spacial score (nSPS) is 7.10. The standard InChI is InChI=1S/C6H4Br.2HI.Mg/c7-6-4-2-1-3-5-6;;;/h2-5H;2*1H;/q;;;+2/p-2. The number of benzene rings is 1. The largest absolute Gasteiger partial charge is 0.552 e. The molecule has 0 aliphatic heterocycles. The Hall–Kier alpha value is 1.93. The molecule has 1 rings (SSSR count). The molecule has 0 spiro atoms. The van der Waals surface area contributed by atoms with Gasteiger partial charge in [0.05, 0.1) is 0 Å². The smallest absolute Gasteiger partial charge is 0.276 e. The summed E-state index contributed by atoms with van der Waals surface area (Å²) in [4.78, 5) is 0. The van der Waals surface area contributed by atoms with Crippen molar-refractivity contribution in [3.8, 4) is 0 Å². The van der Waals surface area contributed by atoms with Crippen LogP contribution in [0.15, 0.2) is 28.7 Å². The maximum atomic E-state index is 3.29. The third-order valence-corrected chi connectivity index (χ3v) is 1.21. The lowest BCUT2D eigenvalue weighted by atomic mass is 10.4. The van der Waals surface area contributed by atoms with Gasteiger partial charge in [-0.2, -0.15) is 0 Å². The van der Waals surface area contributed by atoms with Gasteiger partial charge in [0, 0.05) is 4.47 Å². The SMILES string of the molecule is Brc1cc[c]cc1.[I][Mg][I]. The maximum absolute atomic E-state index is 3.29. The van der Waals surface area contributed by atoms with Crippen molar-refractivity contribution in [2.45, 2.75) is 0 Å². The van der Waals surface area contributed by atoms with Gasteiger partial charge in [-0.25, -0.2) is 0 Å². The summed E-state index contributed by atoms with van der Waals surface area (Å²) in [5, 5.41) is 0. The van der Waals surface area contributed by atoms with Crippen molar-refractivity contribution in [3.05, 3.63) is 34.8 Å². The zero-order chi connectivity index (χ0) is 7.82. The number of hydrogen-bond acceptors (Lipinski definition) is 0. The van der Waals surface area contributed by atoms with Crippen LogP contribution in [0.2, 0.25) is 0 Å². The minimum atomic E-state index is 0.357. The average molecular weight is 434 g/mol. The van der Waals surface area contributed by atoms with Crippen LogP contribution in [0.25, 0.3) is 0 Å². The average Bonchev–Trinajstić information content (AvgIpc) is 1.91. The first kappa shape index (κ1) is 11.9. The lowest BCUT2D eigenvalue weighted by molar-refractivity contribution is 1.64. The highest BCUT2D eigenvalue weighted by Crippen LogP contribution is 2.04. The van der Waals surface area contributed by atoms with E-state index in [0.29, 0.717) is 12.6 Å². The molecule has 0 aromatic heterocycles. The molecule has 0 bridgehead atoms. The molecule has 1 aromatic carbocycles. The molecule has 0 amide bonds. The third kappa shape index (κ3) is 8.03. The molecular weight excluding hydrogens is 430 g/mol. The molecule has 0 aliphatic rings. The van der Waals surface area contributed by atoms with Crippen molar-refractivity contribution in [2.75, 3.05) is 0 Å². The van der Waals surface area contributed by atoms with E-state index in [1.807, 2.05) is 24.3 Å². The van der Waals surface area contributed by atoms with Crippen LogP contribution >= 0.6 is 53.6 Å². The molecule has 0 saturated carbocycles. The van der Waals surface area contributed by atoms with Crippen molar-refractivity contribution in [2.24, 2.45) is 0 Å². The van der Waals surface area contributed by atoms with Gasteiger partial charge in [0.15, 0.2) is 0 Å². The zero-order valence-corrected chi connectivity index (χ0v) is 12.5. The van der Waals surface area contributed by atoms with E-state index in [-0.39, 0.29) is 0 Å². The summed E-state index contributed by atoms with van der Waals surface area (Å²) in [5.74, 6) is 0. The molecule has 0 nitrogen and oxygen atoms in total. The summed E-state index contributed by atoms with van der Waals surface area (Å²) in [6, 6.07) is 10.5. The van der Waals surface area contributed by atoms with Crippen LogP contribution in [-0.2, 0) is 0 Å². The molecule has 0 aliphatic carbocycles. The summed E-state index contributed by atoms with van der Waals surface area (Å²) < 4.78 is 1.10. The summed E-state index contributed by atoms with van der Waals surface area (Å²) >= 11 is 8.48. The Bertz CT molecular complexity index is 157. The van der Waals surface area contributed by atoms with Crippen molar-refractivity contribution < 1.29 is 0 Å². The summed E-state index contributed by atoms with van der Waals surface area (Å²) in [6.45, 7) is 0. The number of hydrogen-bond donors (Lipinski definition) is 0. The van der Waals surface area contributed by atoms with Crippen LogP contribution in [-0.4, -0.2) is 12.6 Å². The second-order valence-electron chi connectivity index (χ2n) is 1.32. The second-order valence-corrected chi connectivity index (χ2v) is 15.8. The topological polar surface area (TPSA) is 0 Å². The molecule has 0 heterocycles. The fourth-order valence-electron chi connectivity index (χ4n) is 0.367. The van der Waals surface area contributed by atoms with E-state index >= 15 is 0 Å². The lowest BCUT2D eigenvalue weighted by Gasteiger charge is -1.79. The van der Waals surface area contributed by atoms with E-state index in [1.54, 1.807) is 0 Å². The van der Waals surface area contributed by atoms with Gasteiger partial charge in [-0.3, -0.25) is 37.7 Å². The van der Waals surface area contributed by atoms with Crippen LogP contribution < -0.4 is 0 Å². The highest BCUT2D eigenvalue weighted by molar-refractivity contribution is 14.3. The molecule has 0 saturated heterocycles. The van der Waals surface area contributed by atoms with Crippen molar-refractivity contribution >= 4 is 66.2 Å². The van der Waals surface area contributed by atoms with E-state index in [4.69, 9.17) is 0 Å². The molecule has 0 N–H and O–H groups in total. The first-order valence-electron chi connectivity index (χ1n) is 2.54. The molecule has 1 radical (unpaired) electrons. The first-order chi connectivity index (χ1) is 4.81.